The highest BCUT2D eigenvalue weighted by Gasteiger charge is 2.08. The van der Waals surface area contributed by atoms with Crippen LogP contribution in [0.5, 0.6) is 0 Å². The van der Waals surface area contributed by atoms with Crippen LogP contribution in [0.1, 0.15) is 10.4 Å². The zero-order valence-corrected chi connectivity index (χ0v) is 12.4. The van der Waals surface area contributed by atoms with Crippen LogP contribution in [0.15, 0.2) is 54.9 Å². The molecule has 110 valence electrons. The molecule has 1 N–H and O–H groups in total. The first-order valence-corrected chi connectivity index (χ1v) is 6.93. The fraction of sp³-hybridized carbons (Fsp3) is 0.118. The largest absolute Gasteiger partial charge is 0.345 e. The maximum Gasteiger partial charge on any atom is 0.253 e. The molecule has 5 nitrogen and oxygen atoms in total. The minimum absolute atomic E-state index is 0.0148. The maximum atomic E-state index is 11.9. The number of hydrogen-bond donors (Lipinski definition) is 1. The molecule has 0 aliphatic heterocycles. The van der Waals surface area contributed by atoms with Crippen LogP contribution in [0.25, 0.3) is 10.9 Å². The highest BCUT2D eigenvalue weighted by molar-refractivity contribution is 5.94. The predicted octanol–water partition coefficient (Wildman–Crippen LogP) is 3.08. The van der Waals surface area contributed by atoms with E-state index in [1.165, 1.54) is 6.33 Å². The average molecular weight is 292 g/mol. The van der Waals surface area contributed by atoms with Crippen LogP contribution in [0.3, 0.4) is 0 Å². The van der Waals surface area contributed by atoms with Gasteiger partial charge in [-0.05, 0) is 36.4 Å². The Morgan fingerprint density at radius 1 is 1.00 bits per heavy atom. The third-order valence-corrected chi connectivity index (χ3v) is 3.34. The second kappa shape index (κ2) is 5.81. The molecule has 2 aromatic carbocycles. The van der Waals surface area contributed by atoms with Gasteiger partial charge in [-0.15, -0.1) is 0 Å². The van der Waals surface area contributed by atoms with Crippen LogP contribution in [0.2, 0.25) is 0 Å². The lowest BCUT2D eigenvalue weighted by Gasteiger charge is -2.11. The van der Waals surface area contributed by atoms with Crippen molar-refractivity contribution in [2.24, 2.45) is 0 Å². The number of nitrogens with one attached hydrogen (secondary N) is 1. The molecule has 0 unspecified atom stereocenters. The van der Waals surface area contributed by atoms with Crippen molar-refractivity contribution in [3.05, 3.63) is 60.4 Å². The van der Waals surface area contributed by atoms with Gasteiger partial charge in [0.05, 0.1) is 5.52 Å². The Hall–Kier alpha value is -2.95. The molecule has 3 rings (SSSR count). The Morgan fingerprint density at radius 2 is 1.73 bits per heavy atom. The SMILES string of the molecule is CN(C)C(=O)c1ccc(Nc2ncnc3ccccc23)cc1. The highest BCUT2D eigenvalue weighted by Crippen LogP contribution is 2.22. The van der Waals surface area contributed by atoms with Crippen LogP contribution in [-0.2, 0) is 0 Å². The number of carbonyl (C=O) groups is 1. The van der Waals surface area contributed by atoms with Crippen molar-refractivity contribution >= 4 is 28.3 Å². The van der Waals surface area contributed by atoms with E-state index in [0.717, 1.165) is 22.4 Å². The molecule has 1 heterocycles. The van der Waals surface area contributed by atoms with Crippen LogP contribution in [-0.4, -0.2) is 34.9 Å². The number of para-hydroxylation sites is 1. The molecule has 0 saturated carbocycles. The lowest BCUT2D eigenvalue weighted by Crippen LogP contribution is -2.21. The lowest BCUT2D eigenvalue weighted by atomic mass is 10.2. The summed E-state index contributed by atoms with van der Waals surface area (Å²) in [5.41, 5.74) is 2.42. The normalized spacial score (nSPS) is 10.5. The first-order chi connectivity index (χ1) is 10.6. The van der Waals surface area contributed by atoms with Gasteiger partial charge in [0.15, 0.2) is 0 Å². The number of rotatable bonds is 3. The summed E-state index contributed by atoms with van der Waals surface area (Å²) < 4.78 is 0. The van der Waals surface area contributed by atoms with Gasteiger partial charge in [0.25, 0.3) is 5.91 Å². The van der Waals surface area contributed by atoms with Gasteiger partial charge in [-0.2, -0.15) is 0 Å². The molecule has 0 spiro atoms. The number of benzene rings is 2. The van der Waals surface area contributed by atoms with Crippen molar-refractivity contribution in [3.63, 3.8) is 0 Å². The Balaban J connectivity index is 1.88. The Morgan fingerprint density at radius 3 is 2.45 bits per heavy atom. The predicted molar refractivity (Wildman–Crippen MR) is 87.3 cm³/mol. The zero-order chi connectivity index (χ0) is 15.5. The van der Waals surface area contributed by atoms with Gasteiger partial charge in [-0.25, -0.2) is 9.97 Å². The number of anilines is 2. The quantitative estimate of drug-likeness (QED) is 0.806. The fourth-order valence-electron chi connectivity index (χ4n) is 2.20. The second-order valence-electron chi connectivity index (χ2n) is 5.14. The third-order valence-electron chi connectivity index (χ3n) is 3.34. The van der Waals surface area contributed by atoms with Gasteiger partial charge in [-0.1, -0.05) is 12.1 Å². The molecular formula is C17H16N4O. The summed E-state index contributed by atoms with van der Waals surface area (Å²) in [6.07, 6.45) is 1.54. The lowest BCUT2D eigenvalue weighted by molar-refractivity contribution is 0.0827. The molecule has 3 aromatic rings. The van der Waals surface area contributed by atoms with E-state index in [1.54, 1.807) is 31.1 Å². The molecule has 0 saturated heterocycles. The average Bonchev–Trinajstić information content (AvgIpc) is 2.55. The summed E-state index contributed by atoms with van der Waals surface area (Å²) in [7, 11) is 3.48. The monoisotopic (exact) mass is 292 g/mol. The number of aromatic nitrogens is 2. The molecular weight excluding hydrogens is 276 g/mol. The van der Waals surface area contributed by atoms with E-state index in [1.807, 2.05) is 36.4 Å². The van der Waals surface area contributed by atoms with Crippen molar-refractivity contribution < 1.29 is 4.79 Å². The number of fused-ring (bicyclic) bond motifs is 1. The molecule has 0 aliphatic rings. The molecule has 0 radical (unpaired) electrons. The van der Waals surface area contributed by atoms with Crippen LogP contribution in [0, 0.1) is 0 Å². The minimum atomic E-state index is -0.0148. The standard InChI is InChI=1S/C17H16N4O/c1-21(2)17(22)12-7-9-13(10-8-12)20-16-14-5-3-4-6-15(14)18-11-19-16/h3-11H,1-2H3,(H,18,19,20). The van der Waals surface area contributed by atoms with Gasteiger partial charge >= 0.3 is 0 Å². The molecule has 0 aliphatic carbocycles. The van der Waals surface area contributed by atoms with E-state index < -0.39 is 0 Å². The van der Waals surface area contributed by atoms with E-state index in [0.29, 0.717) is 5.56 Å². The maximum absolute atomic E-state index is 11.9. The van der Waals surface area contributed by atoms with Crippen molar-refractivity contribution in [1.29, 1.82) is 0 Å². The number of carbonyl (C=O) groups excluding carboxylic acids is 1. The summed E-state index contributed by atoms with van der Waals surface area (Å²) in [6, 6.07) is 15.2. The Kier molecular flexibility index (Phi) is 3.70. The van der Waals surface area contributed by atoms with Crippen molar-refractivity contribution in [3.8, 4) is 0 Å². The molecule has 0 fully saturated rings. The van der Waals surface area contributed by atoms with Gasteiger partial charge in [-0.3, -0.25) is 4.79 Å². The van der Waals surface area contributed by atoms with Crippen molar-refractivity contribution in [2.75, 3.05) is 19.4 Å². The molecule has 22 heavy (non-hydrogen) atoms. The van der Waals surface area contributed by atoms with E-state index in [2.05, 4.69) is 15.3 Å². The summed E-state index contributed by atoms with van der Waals surface area (Å²) >= 11 is 0. The summed E-state index contributed by atoms with van der Waals surface area (Å²) in [5, 5.41) is 4.22. The second-order valence-corrected chi connectivity index (χ2v) is 5.14. The Bertz CT molecular complexity index is 807. The first kappa shape index (κ1) is 14.0. The van der Waals surface area contributed by atoms with Crippen molar-refractivity contribution in [2.45, 2.75) is 0 Å². The van der Waals surface area contributed by atoms with Gasteiger partial charge in [0.1, 0.15) is 12.1 Å². The van der Waals surface area contributed by atoms with E-state index in [-0.39, 0.29) is 5.91 Å². The Labute approximate surface area is 128 Å². The topological polar surface area (TPSA) is 58.1 Å². The summed E-state index contributed by atoms with van der Waals surface area (Å²) in [4.78, 5) is 22.0. The van der Waals surface area contributed by atoms with Crippen LogP contribution < -0.4 is 5.32 Å². The number of amides is 1. The van der Waals surface area contributed by atoms with Gasteiger partial charge in [0, 0.05) is 30.7 Å². The summed E-state index contributed by atoms with van der Waals surface area (Å²) in [6.45, 7) is 0. The molecule has 1 amide bonds. The third kappa shape index (κ3) is 2.74. The molecule has 1 aromatic heterocycles. The van der Waals surface area contributed by atoms with Crippen LogP contribution in [0.4, 0.5) is 11.5 Å². The molecule has 5 heteroatoms. The summed E-state index contributed by atoms with van der Waals surface area (Å²) in [5.74, 6) is 0.733. The first-order valence-electron chi connectivity index (χ1n) is 6.93. The molecule has 0 atom stereocenters. The zero-order valence-electron chi connectivity index (χ0n) is 12.4. The van der Waals surface area contributed by atoms with Crippen LogP contribution >= 0.6 is 0 Å². The van der Waals surface area contributed by atoms with E-state index >= 15 is 0 Å². The minimum Gasteiger partial charge on any atom is -0.345 e. The van der Waals surface area contributed by atoms with E-state index in [9.17, 15) is 4.79 Å². The number of nitrogens with zero attached hydrogens (tertiary/aromatic N) is 3. The van der Waals surface area contributed by atoms with E-state index in [4.69, 9.17) is 0 Å². The van der Waals surface area contributed by atoms with Gasteiger partial charge in [0.2, 0.25) is 0 Å². The smallest absolute Gasteiger partial charge is 0.253 e. The highest BCUT2D eigenvalue weighted by atomic mass is 16.2. The fourth-order valence-corrected chi connectivity index (χ4v) is 2.20. The number of hydrogen-bond acceptors (Lipinski definition) is 4. The van der Waals surface area contributed by atoms with Crippen molar-refractivity contribution in [1.82, 2.24) is 14.9 Å². The molecule has 0 bridgehead atoms. The van der Waals surface area contributed by atoms with Gasteiger partial charge < -0.3 is 10.2 Å².